The number of nitrogens with zero attached hydrogens (tertiary/aromatic N) is 1. The van der Waals surface area contributed by atoms with Crippen LogP contribution in [-0.2, 0) is 0 Å². The van der Waals surface area contributed by atoms with Gasteiger partial charge in [-0.25, -0.2) is 0 Å². The van der Waals surface area contributed by atoms with E-state index in [0.29, 0.717) is 0 Å². The Balaban J connectivity index is 1.98. The second kappa shape index (κ2) is 4.46. The molecule has 0 unspecified atom stereocenters. The highest BCUT2D eigenvalue weighted by Crippen LogP contribution is 2.25. The first-order chi connectivity index (χ1) is 9.81. The first kappa shape index (κ1) is 11.7. The van der Waals surface area contributed by atoms with Gasteiger partial charge in [-0.3, -0.25) is 0 Å². The summed E-state index contributed by atoms with van der Waals surface area (Å²) in [7, 11) is 0. The molecule has 0 radical (unpaired) electrons. The Bertz CT molecular complexity index is 909. The molecule has 0 aliphatic carbocycles. The van der Waals surface area contributed by atoms with Crippen LogP contribution in [0, 0.1) is 0 Å². The van der Waals surface area contributed by atoms with E-state index in [1.54, 1.807) is 0 Å². The fraction of sp³-hybridized carbons (Fsp3) is 0. The summed E-state index contributed by atoms with van der Waals surface area (Å²) in [6, 6.07) is 18.5. The smallest absolute Gasteiger partial charge is 0.387 e. The zero-order valence-corrected chi connectivity index (χ0v) is 12.2. The van der Waals surface area contributed by atoms with Crippen molar-refractivity contribution in [3.63, 3.8) is 0 Å². The number of aromatic nitrogens is 1. The lowest BCUT2D eigenvalue weighted by atomic mass is 10.2. The second-order valence-electron chi connectivity index (χ2n) is 4.72. The van der Waals surface area contributed by atoms with Gasteiger partial charge in [0, 0.05) is 16.1 Å². The molecule has 96 valence electrons. The van der Waals surface area contributed by atoms with Crippen LogP contribution in [0.25, 0.3) is 27.8 Å². The Hall–Kier alpha value is -2.13. The minimum absolute atomic E-state index is 0.869. The van der Waals surface area contributed by atoms with Gasteiger partial charge in [0.15, 0.2) is 6.20 Å². The van der Waals surface area contributed by atoms with Gasteiger partial charge in [-0.15, -0.1) is 4.40 Å². The molecule has 0 saturated carbocycles. The van der Waals surface area contributed by atoms with E-state index in [0.717, 1.165) is 26.9 Å². The fourth-order valence-electron chi connectivity index (χ4n) is 2.42. The minimum Gasteiger partial charge on any atom is -0.397 e. The van der Waals surface area contributed by atoms with Crippen molar-refractivity contribution in [2.45, 2.75) is 0 Å². The third-order valence-electron chi connectivity index (χ3n) is 3.43. The van der Waals surface area contributed by atoms with E-state index < -0.39 is 0 Å². The third kappa shape index (κ3) is 1.82. The maximum Gasteiger partial charge on any atom is 0.387 e. The summed E-state index contributed by atoms with van der Waals surface area (Å²) in [6.07, 6.45) is 4.05. The topological polar surface area (TPSA) is 17.2 Å². The molecular weight excluding hydrogens is 314 g/mol. The van der Waals surface area contributed by atoms with E-state index in [-0.39, 0.29) is 0 Å². The Morgan fingerprint density at radius 1 is 0.900 bits per heavy atom. The molecule has 0 amide bonds. The average molecular weight is 325 g/mol. The van der Waals surface area contributed by atoms with Crippen molar-refractivity contribution in [3.8, 4) is 11.3 Å². The zero-order chi connectivity index (χ0) is 13.5. The number of pyridine rings is 1. The lowest BCUT2D eigenvalue weighted by Crippen LogP contribution is -2.16. The zero-order valence-electron chi connectivity index (χ0n) is 10.6. The van der Waals surface area contributed by atoms with E-state index in [9.17, 15) is 0 Å². The van der Waals surface area contributed by atoms with Gasteiger partial charge in [0.1, 0.15) is 0 Å². The van der Waals surface area contributed by atoms with Crippen LogP contribution < -0.4 is 4.40 Å². The third-order valence-corrected chi connectivity index (χ3v) is 3.96. The van der Waals surface area contributed by atoms with Gasteiger partial charge >= 0.3 is 5.71 Å². The molecule has 20 heavy (non-hydrogen) atoms. The number of benzene rings is 2. The predicted octanol–water partition coefficient (Wildman–Crippen LogP) is 4.60. The van der Waals surface area contributed by atoms with Gasteiger partial charge in [0.25, 0.3) is 0 Å². The molecule has 2 aromatic heterocycles. The summed E-state index contributed by atoms with van der Waals surface area (Å²) < 4.78 is 9.15. The minimum atomic E-state index is 0.869. The Labute approximate surface area is 124 Å². The molecule has 2 aromatic carbocycles. The lowest BCUT2D eigenvalue weighted by molar-refractivity contribution is -0.511. The fourth-order valence-corrected chi connectivity index (χ4v) is 2.68. The van der Waals surface area contributed by atoms with Crippen molar-refractivity contribution in [2.75, 3.05) is 0 Å². The predicted molar refractivity (Wildman–Crippen MR) is 82.5 cm³/mol. The standard InChI is InChI=1S/C17H11BrNO/c18-14-7-5-13(6-8-14)16-11-19-10-9-12-3-1-2-4-15(12)17(19)20-16/h1-11H/q+1. The maximum absolute atomic E-state index is 6.05. The van der Waals surface area contributed by atoms with Gasteiger partial charge in [-0.1, -0.05) is 34.1 Å². The lowest BCUT2D eigenvalue weighted by Gasteiger charge is -1.93. The molecule has 0 aliphatic rings. The van der Waals surface area contributed by atoms with Crippen molar-refractivity contribution in [2.24, 2.45) is 0 Å². The van der Waals surface area contributed by atoms with Gasteiger partial charge in [0.2, 0.25) is 12.0 Å². The number of halogens is 1. The number of hydrogen-bond acceptors (Lipinski definition) is 1. The molecule has 0 aliphatic heterocycles. The molecule has 0 N–H and O–H groups in total. The van der Waals surface area contributed by atoms with Crippen LogP contribution >= 0.6 is 15.9 Å². The van der Waals surface area contributed by atoms with E-state index in [4.69, 9.17) is 4.42 Å². The molecule has 3 heteroatoms. The van der Waals surface area contributed by atoms with E-state index in [2.05, 4.69) is 34.1 Å². The Kier molecular flexibility index (Phi) is 2.60. The molecule has 0 atom stereocenters. The van der Waals surface area contributed by atoms with Crippen LogP contribution in [0.15, 0.2) is 75.9 Å². The summed E-state index contributed by atoms with van der Waals surface area (Å²) in [4.78, 5) is 0. The molecule has 0 spiro atoms. The number of rotatable bonds is 1. The molecule has 0 fully saturated rings. The van der Waals surface area contributed by atoms with Gasteiger partial charge in [-0.2, -0.15) is 0 Å². The highest BCUT2D eigenvalue weighted by atomic mass is 79.9. The van der Waals surface area contributed by atoms with Crippen LogP contribution in [0.3, 0.4) is 0 Å². The summed E-state index contributed by atoms with van der Waals surface area (Å²) in [6.45, 7) is 0. The summed E-state index contributed by atoms with van der Waals surface area (Å²) in [5.74, 6) is 0.869. The number of fused-ring (bicyclic) bond motifs is 3. The normalized spacial score (nSPS) is 11.2. The van der Waals surface area contributed by atoms with Crippen LogP contribution in [0.4, 0.5) is 0 Å². The van der Waals surface area contributed by atoms with Crippen molar-refractivity contribution >= 4 is 32.4 Å². The van der Waals surface area contributed by atoms with Crippen molar-refractivity contribution in [1.29, 1.82) is 0 Å². The average Bonchev–Trinajstić information content (AvgIpc) is 2.92. The largest absolute Gasteiger partial charge is 0.397 e. The number of hydrogen-bond donors (Lipinski definition) is 0. The summed E-state index contributed by atoms with van der Waals surface area (Å²) >= 11 is 3.45. The van der Waals surface area contributed by atoms with Gasteiger partial charge < -0.3 is 4.42 Å². The quantitative estimate of drug-likeness (QED) is 0.468. The monoisotopic (exact) mass is 324 g/mol. The molecule has 2 heterocycles. The van der Waals surface area contributed by atoms with E-state index >= 15 is 0 Å². The Morgan fingerprint density at radius 2 is 1.70 bits per heavy atom. The van der Waals surface area contributed by atoms with Crippen molar-refractivity contribution in [3.05, 3.63) is 71.5 Å². The van der Waals surface area contributed by atoms with Gasteiger partial charge in [-0.05, 0) is 35.7 Å². The van der Waals surface area contributed by atoms with Crippen molar-refractivity contribution < 1.29 is 8.82 Å². The SMILES string of the molecule is Brc1ccc(-c2c[n+]3ccc4ccccc4c3o2)cc1. The van der Waals surface area contributed by atoms with Crippen LogP contribution in [0.5, 0.6) is 0 Å². The van der Waals surface area contributed by atoms with Crippen LogP contribution in [-0.4, -0.2) is 0 Å². The molecule has 0 saturated heterocycles. The Morgan fingerprint density at radius 3 is 2.55 bits per heavy atom. The molecule has 2 nitrogen and oxygen atoms in total. The molecule has 4 aromatic rings. The maximum atomic E-state index is 6.05. The first-order valence-electron chi connectivity index (χ1n) is 6.40. The molecular formula is C17H11BrNO+. The highest BCUT2D eigenvalue weighted by Gasteiger charge is 2.16. The van der Waals surface area contributed by atoms with Crippen LogP contribution in [0.2, 0.25) is 0 Å². The first-order valence-corrected chi connectivity index (χ1v) is 7.19. The summed E-state index contributed by atoms with van der Waals surface area (Å²) in [5.41, 5.74) is 1.95. The molecule has 4 rings (SSSR count). The highest BCUT2D eigenvalue weighted by molar-refractivity contribution is 9.10. The summed E-state index contributed by atoms with van der Waals surface area (Å²) in [5, 5.41) is 2.31. The van der Waals surface area contributed by atoms with E-state index in [1.807, 2.05) is 53.2 Å². The number of oxazole rings is 1. The van der Waals surface area contributed by atoms with E-state index in [1.165, 1.54) is 5.39 Å². The second-order valence-corrected chi connectivity index (χ2v) is 5.63. The van der Waals surface area contributed by atoms with Crippen molar-refractivity contribution in [1.82, 2.24) is 0 Å². The molecule has 0 bridgehead atoms. The van der Waals surface area contributed by atoms with Gasteiger partial charge in [0.05, 0.1) is 5.39 Å². The van der Waals surface area contributed by atoms with Crippen LogP contribution in [0.1, 0.15) is 0 Å².